The minimum absolute atomic E-state index is 0.447. The SMILES string of the molecule is Cc1ccc2c(CC#N)ccnc2c1. The van der Waals surface area contributed by atoms with Gasteiger partial charge in [0.2, 0.25) is 0 Å². The van der Waals surface area contributed by atoms with Crippen molar-refractivity contribution < 1.29 is 0 Å². The van der Waals surface area contributed by atoms with Crippen LogP contribution in [0.25, 0.3) is 10.9 Å². The Bertz CT molecular complexity index is 509. The summed E-state index contributed by atoms with van der Waals surface area (Å²) in [6, 6.07) is 10.2. The predicted molar refractivity (Wildman–Crippen MR) is 55.8 cm³/mol. The second-order valence-corrected chi connectivity index (χ2v) is 3.33. The Morgan fingerprint density at radius 3 is 3.00 bits per heavy atom. The molecule has 1 aromatic carbocycles. The van der Waals surface area contributed by atoms with Crippen LogP contribution in [-0.2, 0) is 6.42 Å². The molecule has 0 saturated heterocycles. The van der Waals surface area contributed by atoms with Gasteiger partial charge in [0.25, 0.3) is 0 Å². The van der Waals surface area contributed by atoms with Crippen LogP contribution < -0.4 is 0 Å². The average molecular weight is 182 g/mol. The van der Waals surface area contributed by atoms with Crippen molar-refractivity contribution in [2.75, 3.05) is 0 Å². The lowest BCUT2D eigenvalue weighted by atomic mass is 10.1. The van der Waals surface area contributed by atoms with Gasteiger partial charge in [-0.05, 0) is 30.2 Å². The van der Waals surface area contributed by atoms with Crippen molar-refractivity contribution in [3.05, 3.63) is 41.6 Å². The van der Waals surface area contributed by atoms with E-state index in [1.165, 1.54) is 5.56 Å². The van der Waals surface area contributed by atoms with Crippen molar-refractivity contribution in [3.8, 4) is 6.07 Å². The van der Waals surface area contributed by atoms with Gasteiger partial charge in [-0.1, -0.05) is 12.1 Å². The molecule has 0 unspecified atom stereocenters. The molecule has 0 saturated carbocycles. The topological polar surface area (TPSA) is 36.7 Å². The molecule has 0 aliphatic rings. The maximum Gasteiger partial charge on any atom is 0.0707 e. The Balaban J connectivity index is 2.70. The monoisotopic (exact) mass is 182 g/mol. The molecule has 0 aliphatic carbocycles. The van der Waals surface area contributed by atoms with Gasteiger partial charge < -0.3 is 0 Å². The molecule has 0 bridgehead atoms. The van der Waals surface area contributed by atoms with Crippen LogP contribution in [-0.4, -0.2) is 4.98 Å². The number of aromatic nitrogens is 1. The van der Waals surface area contributed by atoms with Crippen LogP contribution in [0.4, 0.5) is 0 Å². The normalized spacial score (nSPS) is 10.0. The molecule has 14 heavy (non-hydrogen) atoms. The highest BCUT2D eigenvalue weighted by Crippen LogP contribution is 2.17. The number of fused-ring (bicyclic) bond motifs is 1. The molecule has 0 radical (unpaired) electrons. The van der Waals surface area contributed by atoms with Crippen molar-refractivity contribution in [1.82, 2.24) is 4.98 Å². The summed E-state index contributed by atoms with van der Waals surface area (Å²) < 4.78 is 0. The fourth-order valence-corrected chi connectivity index (χ4v) is 1.56. The van der Waals surface area contributed by atoms with Crippen molar-refractivity contribution in [2.24, 2.45) is 0 Å². The van der Waals surface area contributed by atoms with E-state index in [-0.39, 0.29) is 0 Å². The van der Waals surface area contributed by atoms with Gasteiger partial charge in [0.15, 0.2) is 0 Å². The van der Waals surface area contributed by atoms with E-state index in [4.69, 9.17) is 5.26 Å². The van der Waals surface area contributed by atoms with Crippen LogP contribution in [0.2, 0.25) is 0 Å². The first-order valence-corrected chi connectivity index (χ1v) is 4.52. The van der Waals surface area contributed by atoms with Crippen molar-refractivity contribution >= 4 is 10.9 Å². The molecule has 0 fully saturated rings. The minimum Gasteiger partial charge on any atom is -0.256 e. The first-order chi connectivity index (χ1) is 6.81. The Kier molecular flexibility index (Phi) is 2.16. The van der Waals surface area contributed by atoms with Gasteiger partial charge in [-0.25, -0.2) is 0 Å². The van der Waals surface area contributed by atoms with Crippen LogP contribution in [0.5, 0.6) is 0 Å². The second-order valence-electron chi connectivity index (χ2n) is 3.33. The quantitative estimate of drug-likeness (QED) is 0.679. The van der Waals surface area contributed by atoms with Crippen LogP contribution >= 0.6 is 0 Å². The zero-order chi connectivity index (χ0) is 9.97. The molecule has 2 aromatic rings. The number of hydrogen-bond donors (Lipinski definition) is 0. The molecule has 0 amide bonds. The lowest BCUT2D eigenvalue weighted by Crippen LogP contribution is -1.87. The highest BCUT2D eigenvalue weighted by molar-refractivity contribution is 5.82. The molecule has 68 valence electrons. The number of pyridine rings is 1. The van der Waals surface area contributed by atoms with Crippen molar-refractivity contribution in [2.45, 2.75) is 13.3 Å². The van der Waals surface area contributed by atoms with Crippen LogP contribution in [0.15, 0.2) is 30.5 Å². The minimum atomic E-state index is 0.447. The van der Waals surface area contributed by atoms with Gasteiger partial charge in [0.05, 0.1) is 18.0 Å². The van der Waals surface area contributed by atoms with Crippen molar-refractivity contribution in [3.63, 3.8) is 0 Å². The zero-order valence-electron chi connectivity index (χ0n) is 7.99. The van der Waals surface area contributed by atoms with Gasteiger partial charge >= 0.3 is 0 Å². The molecule has 2 nitrogen and oxygen atoms in total. The third-order valence-corrected chi connectivity index (χ3v) is 2.26. The van der Waals surface area contributed by atoms with Gasteiger partial charge in [-0.15, -0.1) is 0 Å². The highest BCUT2D eigenvalue weighted by atomic mass is 14.6. The van der Waals surface area contributed by atoms with Crippen LogP contribution in [0.3, 0.4) is 0 Å². The number of benzene rings is 1. The first-order valence-electron chi connectivity index (χ1n) is 4.52. The number of nitriles is 1. The van der Waals surface area contributed by atoms with E-state index in [2.05, 4.69) is 11.1 Å². The molecule has 0 N–H and O–H groups in total. The number of hydrogen-bond acceptors (Lipinski definition) is 2. The predicted octanol–water partition coefficient (Wildman–Crippen LogP) is 2.61. The van der Waals surface area contributed by atoms with Gasteiger partial charge in [-0.2, -0.15) is 5.26 Å². The van der Waals surface area contributed by atoms with Gasteiger partial charge in [0, 0.05) is 11.6 Å². The molecular weight excluding hydrogens is 172 g/mol. The molecule has 0 atom stereocenters. The third kappa shape index (κ3) is 1.45. The zero-order valence-corrected chi connectivity index (χ0v) is 7.99. The molecule has 1 heterocycles. The lowest BCUT2D eigenvalue weighted by Gasteiger charge is -2.02. The third-order valence-electron chi connectivity index (χ3n) is 2.26. The number of nitrogens with zero attached hydrogens (tertiary/aromatic N) is 2. The Morgan fingerprint density at radius 2 is 2.21 bits per heavy atom. The molecule has 1 aromatic heterocycles. The summed E-state index contributed by atoms with van der Waals surface area (Å²) in [5.74, 6) is 0. The molecular formula is C12H10N2. The van der Waals surface area contributed by atoms with Crippen molar-refractivity contribution in [1.29, 1.82) is 5.26 Å². The largest absolute Gasteiger partial charge is 0.256 e. The van der Waals surface area contributed by atoms with E-state index in [0.717, 1.165) is 16.5 Å². The summed E-state index contributed by atoms with van der Waals surface area (Å²) in [7, 11) is 0. The molecule has 2 rings (SSSR count). The van der Waals surface area contributed by atoms with E-state index < -0.39 is 0 Å². The van der Waals surface area contributed by atoms with Gasteiger partial charge in [0.1, 0.15) is 0 Å². The number of rotatable bonds is 1. The summed E-state index contributed by atoms with van der Waals surface area (Å²) in [6.07, 6.45) is 2.20. The van der Waals surface area contributed by atoms with E-state index >= 15 is 0 Å². The fraction of sp³-hybridized carbons (Fsp3) is 0.167. The highest BCUT2D eigenvalue weighted by Gasteiger charge is 2.00. The van der Waals surface area contributed by atoms with E-state index in [9.17, 15) is 0 Å². The summed E-state index contributed by atoms with van der Waals surface area (Å²) in [4.78, 5) is 4.28. The van der Waals surface area contributed by atoms with E-state index in [0.29, 0.717) is 6.42 Å². The van der Waals surface area contributed by atoms with Gasteiger partial charge in [-0.3, -0.25) is 4.98 Å². The Morgan fingerprint density at radius 1 is 1.36 bits per heavy atom. The fourth-order valence-electron chi connectivity index (χ4n) is 1.56. The summed E-state index contributed by atoms with van der Waals surface area (Å²) >= 11 is 0. The summed E-state index contributed by atoms with van der Waals surface area (Å²) in [5.41, 5.74) is 3.22. The maximum absolute atomic E-state index is 8.66. The van der Waals surface area contributed by atoms with E-state index in [1.54, 1.807) is 6.20 Å². The lowest BCUT2D eigenvalue weighted by molar-refractivity contribution is 1.26. The average Bonchev–Trinajstić information content (AvgIpc) is 2.18. The number of aryl methyl sites for hydroxylation is 1. The first kappa shape index (κ1) is 8.71. The maximum atomic E-state index is 8.66. The molecule has 0 spiro atoms. The van der Waals surface area contributed by atoms with Crippen LogP contribution in [0, 0.1) is 18.3 Å². The Hall–Kier alpha value is -1.88. The molecule has 0 aliphatic heterocycles. The van der Waals surface area contributed by atoms with E-state index in [1.807, 2.05) is 31.2 Å². The summed E-state index contributed by atoms with van der Waals surface area (Å²) in [6.45, 7) is 2.04. The standard InChI is InChI=1S/C12H10N2/c1-9-2-3-11-10(4-6-13)5-7-14-12(11)8-9/h2-3,5,7-8H,4H2,1H3. The smallest absolute Gasteiger partial charge is 0.0707 e. The second kappa shape index (κ2) is 3.47. The summed E-state index contributed by atoms with van der Waals surface area (Å²) in [5, 5.41) is 9.75. The van der Waals surface area contributed by atoms with Crippen LogP contribution in [0.1, 0.15) is 11.1 Å². The Labute approximate surface area is 82.8 Å². The molecule has 2 heteroatoms.